The van der Waals surface area contributed by atoms with E-state index in [-0.39, 0.29) is 12.1 Å². The van der Waals surface area contributed by atoms with Crippen molar-refractivity contribution >= 4 is 6.09 Å². The molecule has 0 bridgehead atoms. The Morgan fingerprint density at radius 1 is 1.35 bits per heavy atom. The third-order valence-electron chi connectivity index (χ3n) is 3.51. The molecule has 1 amide bonds. The molecule has 4 heteroatoms. The molecule has 0 aromatic heterocycles. The summed E-state index contributed by atoms with van der Waals surface area (Å²) in [4.78, 5) is 13.8. The molecule has 1 aliphatic heterocycles. The fraction of sp³-hybridized carbons (Fsp3) is 0.923. The third-order valence-corrected chi connectivity index (χ3v) is 3.51. The molecule has 98 valence electrons. The first-order chi connectivity index (χ1) is 7.82. The SMILES string of the molecule is CC(C)(C)OC(=O)N1CCCC[C@@H]1C1(O)CC1. The molecule has 1 aliphatic carbocycles. The summed E-state index contributed by atoms with van der Waals surface area (Å²) in [6.45, 7) is 6.32. The van der Waals surface area contributed by atoms with Crippen LogP contribution in [0, 0.1) is 0 Å². The van der Waals surface area contributed by atoms with Crippen LogP contribution < -0.4 is 0 Å². The molecule has 17 heavy (non-hydrogen) atoms. The third kappa shape index (κ3) is 2.92. The molecule has 0 spiro atoms. The number of nitrogens with zero attached hydrogens (tertiary/aromatic N) is 1. The van der Waals surface area contributed by atoms with Crippen LogP contribution in [0.3, 0.4) is 0 Å². The number of hydrogen-bond donors (Lipinski definition) is 1. The number of ether oxygens (including phenoxy) is 1. The van der Waals surface area contributed by atoms with Gasteiger partial charge in [-0.1, -0.05) is 0 Å². The highest BCUT2D eigenvalue weighted by atomic mass is 16.6. The number of aliphatic hydroxyl groups is 1. The van der Waals surface area contributed by atoms with Crippen molar-refractivity contribution in [1.82, 2.24) is 4.90 Å². The molecule has 0 unspecified atom stereocenters. The molecule has 1 heterocycles. The van der Waals surface area contributed by atoms with Crippen LogP contribution >= 0.6 is 0 Å². The maximum absolute atomic E-state index is 12.1. The molecule has 2 fully saturated rings. The molecule has 1 saturated carbocycles. The van der Waals surface area contributed by atoms with Crippen LogP contribution in [0.4, 0.5) is 4.79 Å². The van der Waals surface area contributed by atoms with Crippen LogP contribution in [0.5, 0.6) is 0 Å². The Morgan fingerprint density at radius 3 is 2.53 bits per heavy atom. The number of carbonyl (C=O) groups excluding carboxylic acids is 1. The second-order valence-corrected chi connectivity index (χ2v) is 6.29. The lowest BCUT2D eigenvalue weighted by Crippen LogP contribution is -2.52. The van der Waals surface area contributed by atoms with E-state index in [1.165, 1.54) is 0 Å². The van der Waals surface area contributed by atoms with Crippen molar-refractivity contribution in [2.24, 2.45) is 0 Å². The van der Waals surface area contributed by atoms with Crippen molar-refractivity contribution in [3.05, 3.63) is 0 Å². The summed E-state index contributed by atoms with van der Waals surface area (Å²) in [5, 5.41) is 10.2. The van der Waals surface area contributed by atoms with Crippen LogP contribution in [0.25, 0.3) is 0 Å². The van der Waals surface area contributed by atoms with Gasteiger partial charge in [0.05, 0.1) is 11.6 Å². The van der Waals surface area contributed by atoms with Crippen molar-refractivity contribution in [3.8, 4) is 0 Å². The van der Waals surface area contributed by atoms with Crippen molar-refractivity contribution < 1.29 is 14.6 Å². The quantitative estimate of drug-likeness (QED) is 0.766. The highest BCUT2D eigenvalue weighted by Crippen LogP contribution is 2.44. The summed E-state index contributed by atoms with van der Waals surface area (Å²) in [5.74, 6) is 0. The molecule has 0 aromatic rings. The molecule has 1 atom stereocenters. The zero-order valence-electron chi connectivity index (χ0n) is 11.0. The number of carbonyl (C=O) groups is 1. The Balaban J connectivity index is 2.03. The Labute approximate surface area is 103 Å². The average molecular weight is 241 g/mol. The normalized spacial score (nSPS) is 27.8. The minimum absolute atomic E-state index is 0.0360. The topological polar surface area (TPSA) is 49.8 Å². The minimum Gasteiger partial charge on any atom is -0.444 e. The fourth-order valence-corrected chi connectivity index (χ4v) is 2.49. The average Bonchev–Trinajstić information content (AvgIpc) is 2.95. The van der Waals surface area contributed by atoms with E-state index in [4.69, 9.17) is 4.74 Å². The lowest BCUT2D eigenvalue weighted by molar-refractivity contribution is -0.0242. The Hall–Kier alpha value is -0.770. The van der Waals surface area contributed by atoms with E-state index in [0.717, 1.165) is 32.1 Å². The van der Waals surface area contributed by atoms with Crippen LogP contribution in [0.1, 0.15) is 52.9 Å². The Bertz CT molecular complexity index is 304. The largest absolute Gasteiger partial charge is 0.444 e. The first-order valence-corrected chi connectivity index (χ1v) is 6.54. The second-order valence-electron chi connectivity index (χ2n) is 6.29. The summed E-state index contributed by atoms with van der Waals surface area (Å²) in [7, 11) is 0. The summed E-state index contributed by atoms with van der Waals surface area (Å²) < 4.78 is 5.41. The fourth-order valence-electron chi connectivity index (χ4n) is 2.49. The highest BCUT2D eigenvalue weighted by molar-refractivity contribution is 5.69. The number of rotatable bonds is 1. The number of likely N-dealkylation sites (tertiary alicyclic amines) is 1. The van der Waals surface area contributed by atoms with Gasteiger partial charge in [-0.15, -0.1) is 0 Å². The van der Waals surface area contributed by atoms with Gasteiger partial charge in [0.1, 0.15) is 5.60 Å². The first-order valence-electron chi connectivity index (χ1n) is 6.54. The molecule has 2 rings (SSSR count). The van der Waals surface area contributed by atoms with Gasteiger partial charge in [0.15, 0.2) is 0 Å². The van der Waals surface area contributed by atoms with Gasteiger partial charge >= 0.3 is 6.09 Å². The molecule has 1 saturated heterocycles. The predicted octanol–water partition coefficient (Wildman–Crippen LogP) is 2.30. The minimum atomic E-state index is -0.628. The lowest BCUT2D eigenvalue weighted by Gasteiger charge is -2.39. The van der Waals surface area contributed by atoms with Gasteiger partial charge in [-0.2, -0.15) is 0 Å². The van der Waals surface area contributed by atoms with E-state index < -0.39 is 11.2 Å². The van der Waals surface area contributed by atoms with Gasteiger partial charge in [-0.05, 0) is 52.9 Å². The summed E-state index contributed by atoms with van der Waals surface area (Å²) in [6, 6.07) is -0.0360. The molecule has 4 nitrogen and oxygen atoms in total. The van der Waals surface area contributed by atoms with Gasteiger partial charge in [0, 0.05) is 6.54 Å². The zero-order valence-corrected chi connectivity index (χ0v) is 11.0. The van der Waals surface area contributed by atoms with Gasteiger partial charge in [-0.25, -0.2) is 4.79 Å². The van der Waals surface area contributed by atoms with E-state index in [0.29, 0.717) is 6.54 Å². The zero-order chi connectivity index (χ0) is 12.7. The Morgan fingerprint density at radius 2 is 2.00 bits per heavy atom. The second kappa shape index (κ2) is 4.16. The molecule has 0 radical (unpaired) electrons. The number of amides is 1. The molecular formula is C13H23NO3. The number of hydrogen-bond acceptors (Lipinski definition) is 3. The van der Waals surface area contributed by atoms with Crippen molar-refractivity contribution in [2.75, 3.05) is 6.54 Å². The van der Waals surface area contributed by atoms with Crippen LogP contribution in [0.15, 0.2) is 0 Å². The molecule has 2 aliphatic rings. The van der Waals surface area contributed by atoms with E-state index in [2.05, 4.69) is 0 Å². The van der Waals surface area contributed by atoms with E-state index in [1.54, 1.807) is 4.90 Å². The van der Waals surface area contributed by atoms with Crippen LogP contribution in [0.2, 0.25) is 0 Å². The lowest BCUT2D eigenvalue weighted by atomic mass is 9.96. The van der Waals surface area contributed by atoms with E-state index in [1.807, 2.05) is 20.8 Å². The standard InChI is InChI=1S/C13H23NO3/c1-12(2,3)17-11(15)14-9-5-4-6-10(14)13(16)7-8-13/h10,16H,4-9H2,1-3H3/t10-/m1/s1. The highest BCUT2D eigenvalue weighted by Gasteiger charge is 2.52. The van der Waals surface area contributed by atoms with Gasteiger partial charge in [-0.3, -0.25) is 0 Å². The monoisotopic (exact) mass is 241 g/mol. The van der Waals surface area contributed by atoms with E-state index >= 15 is 0 Å². The van der Waals surface area contributed by atoms with Crippen molar-refractivity contribution in [3.63, 3.8) is 0 Å². The van der Waals surface area contributed by atoms with Crippen LogP contribution in [-0.2, 0) is 4.74 Å². The summed E-state index contributed by atoms with van der Waals surface area (Å²) in [5.41, 5.74) is -1.09. The molecule has 1 N–H and O–H groups in total. The van der Waals surface area contributed by atoms with Crippen molar-refractivity contribution in [2.45, 2.75) is 70.1 Å². The summed E-state index contributed by atoms with van der Waals surface area (Å²) >= 11 is 0. The summed E-state index contributed by atoms with van der Waals surface area (Å²) in [6.07, 6.45) is 4.35. The molecule has 0 aromatic carbocycles. The van der Waals surface area contributed by atoms with Gasteiger partial charge < -0.3 is 14.7 Å². The smallest absolute Gasteiger partial charge is 0.410 e. The maximum Gasteiger partial charge on any atom is 0.410 e. The predicted molar refractivity (Wildman–Crippen MR) is 64.8 cm³/mol. The van der Waals surface area contributed by atoms with Crippen LogP contribution in [-0.4, -0.2) is 39.9 Å². The first kappa shape index (κ1) is 12.7. The Kier molecular flexibility index (Phi) is 3.10. The van der Waals surface area contributed by atoms with Gasteiger partial charge in [0.25, 0.3) is 0 Å². The maximum atomic E-state index is 12.1. The molecular weight excluding hydrogens is 218 g/mol. The van der Waals surface area contributed by atoms with E-state index in [9.17, 15) is 9.90 Å². The van der Waals surface area contributed by atoms with Gasteiger partial charge in [0.2, 0.25) is 0 Å². The number of piperidine rings is 1. The van der Waals surface area contributed by atoms with Crippen molar-refractivity contribution in [1.29, 1.82) is 0 Å².